The molecule has 2 N–H and O–H groups in total. The molecule has 1 saturated heterocycles. The average molecular weight is 374 g/mol. The molecule has 0 radical (unpaired) electrons. The van der Waals surface area contributed by atoms with Gasteiger partial charge in [0.25, 0.3) is 5.91 Å². The van der Waals surface area contributed by atoms with Gasteiger partial charge < -0.3 is 20.3 Å². The standard InChI is InChI=1S/C20H30N4O3/c1-4-22-20(24-12-6-7-17(14-24)19(26)27-5-2)23-13-15-8-10-16(11-9-15)18(25)21-3/h8-11,17H,4-7,12-14H2,1-3H3,(H,21,25)(H,22,23). The van der Waals surface area contributed by atoms with Gasteiger partial charge >= 0.3 is 5.97 Å². The maximum atomic E-state index is 12.1. The molecule has 0 aliphatic carbocycles. The molecular formula is C20H30N4O3. The number of hydrogen-bond acceptors (Lipinski definition) is 4. The number of ether oxygens (including phenoxy) is 1. The van der Waals surface area contributed by atoms with Crippen molar-refractivity contribution >= 4 is 17.8 Å². The fourth-order valence-electron chi connectivity index (χ4n) is 3.12. The third-order valence-electron chi connectivity index (χ3n) is 4.53. The van der Waals surface area contributed by atoms with Gasteiger partial charge in [-0.3, -0.25) is 9.59 Å². The minimum absolute atomic E-state index is 0.100. The second-order valence-electron chi connectivity index (χ2n) is 6.48. The van der Waals surface area contributed by atoms with Gasteiger partial charge in [-0.25, -0.2) is 4.99 Å². The summed E-state index contributed by atoms with van der Waals surface area (Å²) < 4.78 is 5.18. The van der Waals surface area contributed by atoms with Crippen molar-refractivity contribution < 1.29 is 14.3 Å². The molecule has 1 fully saturated rings. The van der Waals surface area contributed by atoms with E-state index in [1.807, 2.05) is 26.0 Å². The minimum atomic E-state index is -0.122. The molecule has 148 valence electrons. The van der Waals surface area contributed by atoms with E-state index in [0.717, 1.165) is 37.5 Å². The van der Waals surface area contributed by atoms with Gasteiger partial charge in [0.15, 0.2) is 5.96 Å². The van der Waals surface area contributed by atoms with Crippen LogP contribution in [-0.4, -0.2) is 56.0 Å². The predicted octanol–water partition coefficient (Wildman–Crippen LogP) is 1.79. The summed E-state index contributed by atoms with van der Waals surface area (Å²) in [5.74, 6) is 0.482. The van der Waals surface area contributed by atoms with Crippen molar-refractivity contribution in [3.63, 3.8) is 0 Å². The normalized spacial score (nSPS) is 17.4. The van der Waals surface area contributed by atoms with Crippen LogP contribution in [0.2, 0.25) is 0 Å². The first-order valence-corrected chi connectivity index (χ1v) is 9.59. The highest BCUT2D eigenvalue weighted by atomic mass is 16.5. The highest BCUT2D eigenvalue weighted by Crippen LogP contribution is 2.18. The Bertz CT molecular complexity index is 658. The molecule has 1 aliphatic rings. The number of carbonyl (C=O) groups is 2. The van der Waals surface area contributed by atoms with E-state index in [-0.39, 0.29) is 17.8 Å². The summed E-state index contributed by atoms with van der Waals surface area (Å²) in [5.41, 5.74) is 1.66. The molecule has 7 heteroatoms. The van der Waals surface area contributed by atoms with E-state index < -0.39 is 0 Å². The first kappa shape index (κ1) is 20.7. The van der Waals surface area contributed by atoms with Crippen molar-refractivity contribution in [2.24, 2.45) is 10.9 Å². The van der Waals surface area contributed by atoms with E-state index >= 15 is 0 Å². The van der Waals surface area contributed by atoms with Crippen LogP contribution < -0.4 is 10.6 Å². The summed E-state index contributed by atoms with van der Waals surface area (Å²) in [6.45, 7) is 7.04. The predicted molar refractivity (Wildman–Crippen MR) is 106 cm³/mol. The molecule has 1 aromatic carbocycles. The van der Waals surface area contributed by atoms with Gasteiger partial charge in [0.2, 0.25) is 0 Å². The topological polar surface area (TPSA) is 83.0 Å². The Labute approximate surface area is 161 Å². The zero-order chi connectivity index (χ0) is 19.6. The van der Waals surface area contributed by atoms with Gasteiger partial charge in [-0.15, -0.1) is 0 Å². The summed E-state index contributed by atoms with van der Waals surface area (Å²) in [6.07, 6.45) is 1.80. The molecule has 27 heavy (non-hydrogen) atoms. The molecule has 1 unspecified atom stereocenters. The van der Waals surface area contributed by atoms with Crippen molar-refractivity contribution in [1.29, 1.82) is 0 Å². The lowest BCUT2D eigenvalue weighted by Crippen LogP contribution is -2.48. The summed E-state index contributed by atoms with van der Waals surface area (Å²) in [5, 5.41) is 5.92. The second-order valence-corrected chi connectivity index (χ2v) is 6.48. The van der Waals surface area contributed by atoms with Gasteiger partial charge in [-0.05, 0) is 44.4 Å². The molecule has 1 amide bonds. The number of carbonyl (C=O) groups excluding carboxylic acids is 2. The molecule has 2 rings (SSSR count). The number of piperidine rings is 1. The van der Waals surface area contributed by atoms with Gasteiger partial charge in [0.05, 0.1) is 19.1 Å². The smallest absolute Gasteiger partial charge is 0.310 e. The molecular weight excluding hydrogens is 344 g/mol. The van der Waals surface area contributed by atoms with Crippen LogP contribution in [0.15, 0.2) is 29.3 Å². The Morgan fingerprint density at radius 1 is 1.26 bits per heavy atom. The van der Waals surface area contributed by atoms with Crippen molar-refractivity contribution in [2.75, 3.05) is 33.3 Å². The summed E-state index contributed by atoms with van der Waals surface area (Å²) in [7, 11) is 1.62. The van der Waals surface area contributed by atoms with Crippen LogP contribution in [-0.2, 0) is 16.1 Å². The fraction of sp³-hybridized carbons (Fsp3) is 0.550. The number of nitrogens with zero attached hydrogens (tertiary/aromatic N) is 2. The Hall–Kier alpha value is -2.57. The van der Waals surface area contributed by atoms with Crippen molar-refractivity contribution in [3.05, 3.63) is 35.4 Å². The molecule has 0 bridgehead atoms. The maximum Gasteiger partial charge on any atom is 0.310 e. The van der Waals surface area contributed by atoms with Gasteiger partial charge in [-0.2, -0.15) is 0 Å². The van der Waals surface area contributed by atoms with Crippen molar-refractivity contribution in [1.82, 2.24) is 15.5 Å². The average Bonchev–Trinajstić information content (AvgIpc) is 2.71. The second kappa shape index (κ2) is 10.5. The highest BCUT2D eigenvalue weighted by Gasteiger charge is 2.28. The van der Waals surface area contributed by atoms with Crippen LogP contribution in [0.4, 0.5) is 0 Å². The number of guanidine groups is 1. The van der Waals surface area contributed by atoms with E-state index in [4.69, 9.17) is 9.73 Å². The number of rotatable bonds is 6. The molecule has 1 heterocycles. The Morgan fingerprint density at radius 2 is 2.00 bits per heavy atom. The summed E-state index contributed by atoms with van der Waals surface area (Å²) in [4.78, 5) is 30.5. The first-order valence-electron chi connectivity index (χ1n) is 9.59. The van der Waals surface area contributed by atoms with Crippen LogP contribution in [0.5, 0.6) is 0 Å². The molecule has 7 nitrogen and oxygen atoms in total. The van der Waals surface area contributed by atoms with Gasteiger partial charge in [0.1, 0.15) is 0 Å². The van der Waals surface area contributed by atoms with E-state index in [9.17, 15) is 9.59 Å². The number of likely N-dealkylation sites (tertiary alicyclic amines) is 1. The Balaban J connectivity index is 2.04. The number of aliphatic imine (C=N–C) groups is 1. The third kappa shape index (κ3) is 5.98. The maximum absolute atomic E-state index is 12.1. The molecule has 0 aromatic heterocycles. The Kier molecular flexibility index (Phi) is 8.10. The van der Waals surface area contributed by atoms with Crippen molar-refractivity contribution in [2.45, 2.75) is 33.2 Å². The highest BCUT2D eigenvalue weighted by molar-refractivity contribution is 5.93. The molecule has 1 aliphatic heterocycles. The largest absolute Gasteiger partial charge is 0.466 e. The lowest BCUT2D eigenvalue weighted by molar-refractivity contribution is -0.149. The molecule has 1 atom stereocenters. The number of nitrogens with one attached hydrogen (secondary N) is 2. The van der Waals surface area contributed by atoms with E-state index in [0.29, 0.717) is 25.3 Å². The zero-order valence-electron chi connectivity index (χ0n) is 16.5. The molecule has 0 saturated carbocycles. The third-order valence-corrected chi connectivity index (χ3v) is 4.53. The summed E-state index contributed by atoms with van der Waals surface area (Å²) >= 11 is 0. The van der Waals surface area contributed by atoms with Crippen LogP contribution in [0.1, 0.15) is 42.6 Å². The monoisotopic (exact) mass is 374 g/mol. The quantitative estimate of drug-likeness (QED) is 0.451. The number of amides is 1. The SMILES string of the molecule is CCNC(=NCc1ccc(C(=O)NC)cc1)N1CCCC(C(=O)OCC)C1. The molecule has 0 spiro atoms. The van der Waals surface area contributed by atoms with Crippen LogP contribution in [0.3, 0.4) is 0 Å². The van der Waals surface area contributed by atoms with E-state index in [1.54, 1.807) is 19.2 Å². The number of benzene rings is 1. The zero-order valence-corrected chi connectivity index (χ0v) is 16.5. The van der Waals surface area contributed by atoms with Crippen LogP contribution in [0, 0.1) is 5.92 Å². The van der Waals surface area contributed by atoms with E-state index in [2.05, 4.69) is 15.5 Å². The van der Waals surface area contributed by atoms with Crippen LogP contribution in [0.25, 0.3) is 0 Å². The lowest BCUT2D eigenvalue weighted by atomic mass is 9.98. The fourth-order valence-corrected chi connectivity index (χ4v) is 3.12. The number of esters is 1. The summed E-state index contributed by atoms with van der Waals surface area (Å²) in [6, 6.07) is 7.42. The van der Waals surface area contributed by atoms with Gasteiger partial charge in [-0.1, -0.05) is 12.1 Å². The van der Waals surface area contributed by atoms with Crippen LogP contribution >= 0.6 is 0 Å². The number of hydrogen-bond donors (Lipinski definition) is 2. The molecule has 1 aromatic rings. The van der Waals surface area contributed by atoms with Gasteiger partial charge in [0, 0.05) is 32.2 Å². The lowest BCUT2D eigenvalue weighted by Gasteiger charge is -2.34. The van der Waals surface area contributed by atoms with Crippen molar-refractivity contribution in [3.8, 4) is 0 Å². The Morgan fingerprint density at radius 3 is 2.63 bits per heavy atom. The first-order chi connectivity index (χ1) is 13.1. The minimum Gasteiger partial charge on any atom is -0.466 e. The van der Waals surface area contributed by atoms with E-state index in [1.165, 1.54) is 0 Å².